The molecule has 0 atom stereocenters. The number of ether oxygens (including phenoxy) is 1. The molecule has 20 heavy (non-hydrogen) atoms. The Bertz CT molecular complexity index is 763. The molecule has 0 N–H and O–H groups in total. The molecule has 2 aromatic rings. The van der Waals surface area contributed by atoms with Crippen molar-refractivity contribution in [3.63, 3.8) is 0 Å². The molecular formula is C12H14N2O5S. The zero-order valence-electron chi connectivity index (χ0n) is 11.3. The number of aryl methyl sites for hydroxylation is 1. The van der Waals surface area contributed by atoms with Crippen LogP contribution in [0.4, 0.5) is 0 Å². The first-order valence-corrected chi connectivity index (χ1v) is 7.69. The number of esters is 1. The predicted octanol–water partition coefficient (Wildman–Crippen LogP) is 1.16. The summed E-state index contributed by atoms with van der Waals surface area (Å²) in [5, 5.41) is 4.16. The molecule has 0 aromatic carbocycles. The Morgan fingerprint density at radius 1 is 1.45 bits per heavy atom. The number of hydrogen-bond acceptors (Lipinski definition) is 6. The van der Waals surface area contributed by atoms with E-state index in [-0.39, 0.29) is 12.4 Å². The Balaban J connectivity index is 2.55. The molecule has 0 radical (unpaired) electrons. The van der Waals surface area contributed by atoms with Crippen molar-refractivity contribution in [2.75, 3.05) is 12.9 Å². The lowest BCUT2D eigenvalue weighted by atomic mass is 10.2. The van der Waals surface area contributed by atoms with Crippen LogP contribution < -0.4 is 4.18 Å². The summed E-state index contributed by atoms with van der Waals surface area (Å²) in [5.74, 6) is -0.387. The van der Waals surface area contributed by atoms with Gasteiger partial charge in [-0.15, -0.1) is 0 Å². The van der Waals surface area contributed by atoms with Crippen LogP contribution in [-0.4, -0.2) is 36.9 Å². The number of rotatable bonds is 4. The molecule has 2 heterocycles. The summed E-state index contributed by atoms with van der Waals surface area (Å²) in [6.45, 7) is 3.63. The summed E-state index contributed by atoms with van der Waals surface area (Å²) in [7, 11) is -3.63. The summed E-state index contributed by atoms with van der Waals surface area (Å²) >= 11 is 0. The smallest absolute Gasteiger partial charge is 0.342 e. The summed E-state index contributed by atoms with van der Waals surface area (Å²) in [6, 6.07) is 2.89. The molecule has 0 saturated carbocycles. The highest BCUT2D eigenvalue weighted by Gasteiger charge is 2.19. The fraction of sp³-hybridized carbons (Fsp3) is 0.333. The minimum absolute atomic E-state index is 0.116. The van der Waals surface area contributed by atoms with Gasteiger partial charge in [-0.1, -0.05) is 0 Å². The van der Waals surface area contributed by atoms with E-state index < -0.39 is 16.1 Å². The molecule has 0 bridgehead atoms. The lowest BCUT2D eigenvalue weighted by Crippen LogP contribution is -2.07. The van der Waals surface area contributed by atoms with Crippen molar-refractivity contribution in [2.24, 2.45) is 0 Å². The lowest BCUT2D eigenvalue weighted by molar-refractivity contribution is 0.0528. The molecule has 0 unspecified atom stereocenters. The molecule has 0 aliphatic heterocycles. The molecule has 7 nitrogen and oxygen atoms in total. The van der Waals surface area contributed by atoms with Gasteiger partial charge in [0.25, 0.3) is 0 Å². The van der Waals surface area contributed by atoms with Gasteiger partial charge in [-0.05, 0) is 13.8 Å². The number of fused-ring (bicyclic) bond motifs is 1. The fourth-order valence-corrected chi connectivity index (χ4v) is 2.28. The van der Waals surface area contributed by atoms with E-state index in [0.29, 0.717) is 16.8 Å². The van der Waals surface area contributed by atoms with E-state index in [9.17, 15) is 13.2 Å². The molecule has 108 valence electrons. The van der Waals surface area contributed by atoms with Crippen LogP contribution in [-0.2, 0) is 14.9 Å². The zero-order valence-corrected chi connectivity index (χ0v) is 12.1. The van der Waals surface area contributed by atoms with Crippen molar-refractivity contribution in [3.05, 3.63) is 29.6 Å². The third kappa shape index (κ3) is 2.90. The molecule has 0 saturated heterocycles. The monoisotopic (exact) mass is 298 g/mol. The Labute approximate surface area is 116 Å². The first kappa shape index (κ1) is 14.3. The van der Waals surface area contributed by atoms with Gasteiger partial charge in [0.05, 0.1) is 24.1 Å². The average molecular weight is 298 g/mol. The molecule has 0 aliphatic rings. The van der Waals surface area contributed by atoms with Crippen LogP contribution in [0.1, 0.15) is 23.0 Å². The number of aromatic nitrogens is 2. The van der Waals surface area contributed by atoms with E-state index in [2.05, 4.69) is 5.10 Å². The molecule has 8 heteroatoms. The Morgan fingerprint density at radius 2 is 2.15 bits per heavy atom. The zero-order chi connectivity index (χ0) is 14.9. The van der Waals surface area contributed by atoms with Crippen molar-refractivity contribution in [2.45, 2.75) is 13.8 Å². The van der Waals surface area contributed by atoms with Gasteiger partial charge < -0.3 is 8.92 Å². The van der Waals surface area contributed by atoms with Crippen LogP contribution in [0.3, 0.4) is 0 Å². The van der Waals surface area contributed by atoms with Gasteiger partial charge in [0.15, 0.2) is 0 Å². The number of pyridine rings is 1. The van der Waals surface area contributed by atoms with Crippen LogP contribution in [0.25, 0.3) is 5.52 Å². The topological polar surface area (TPSA) is 87.0 Å². The number of hydrogen-bond donors (Lipinski definition) is 0. The largest absolute Gasteiger partial charge is 0.462 e. The third-order valence-corrected chi connectivity index (χ3v) is 3.00. The lowest BCUT2D eigenvalue weighted by Gasteiger charge is -2.04. The van der Waals surface area contributed by atoms with Crippen molar-refractivity contribution in [1.29, 1.82) is 0 Å². The second-order valence-electron chi connectivity index (χ2n) is 4.16. The number of nitrogens with zero attached hydrogens (tertiary/aromatic N) is 2. The van der Waals surface area contributed by atoms with E-state index in [1.165, 1.54) is 22.8 Å². The van der Waals surface area contributed by atoms with Crippen LogP contribution >= 0.6 is 0 Å². The van der Waals surface area contributed by atoms with E-state index in [0.717, 1.165) is 6.26 Å². The Kier molecular flexibility index (Phi) is 3.67. The molecular weight excluding hydrogens is 284 g/mol. The normalized spacial score (nSPS) is 11.6. The minimum atomic E-state index is -3.63. The Morgan fingerprint density at radius 3 is 2.75 bits per heavy atom. The van der Waals surface area contributed by atoms with Crippen LogP contribution in [0, 0.1) is 6.92 Å². The first-order chi connectivity index (χ1) is 9.31. The number of carbonyl (C=O) groups excluding carboxylic acids is 1. The van der Waals surface area contributed by atoms with Gasteiger partial charge >= 0.3 is 16.1 Å². The van der Waals surface area contributed by atoms with Crippen molar-refractivity contribution >= 4 is 21.6 Å². The van der Waals surface area contributed by atoms with E-state index in [1.54, 1.807) is 13.8 Å². The second kappa shape index (κ2) is 5.12. The van der Waals surface area contributed by atoms with E-state index in [4.69, 9.17) is 8.92 Å². The Hall–Kier alpha value is -2.09. The molecule has 0 amide bonds. The maximum atomic E-state index is 11.9. The minimum Gasteiger partial charge on any atom is -0.462 e. The van der Waals surface area contributed by atoms with Crippen molar-refractivity contribution in [3.8, 4) is 5.75 Å². The summed E-state index contributed by atoms with van der Waals surface area (Å²) in [4.78, 5) is 11.9. The quantitative estimate of drug-likeness (QED) is 0.622. The fourth-order valence-electron chi connectivity index (χ4n) is 1.83. The van der Waals surface area contributed by atoms with Crippen LogP contribution in [0.15, 0.2) is 18.3 Å². The van der Waals surface area contributed by atoms with Gasteiger partial charge in [0.1, 0.15) is 11.3 Å². The van der Waals surface area contributed by atoms with Crippen LogP contribution in [0.2, 0.25) is 0 Å². The van der Waals surface area contributed by atoms with Gasteiger partial charge in [-0.25, -0.2) is 9.31 Å². The first-order valence-electron chi connectivity index (χ1n) is 5.87. The van der Waals surface area contributed by atoms with Gasteiger partial charge in [-0.3, -0.25) is 0 Å². The predicted molar refractivity (Wildman–Crippen MR) is 71.4 cm³/mol. The molecule has 2 rings (SSSR count). The van der Waals surface area contributed by atoms with Crippen molar-refractivity contribution in [1.82, 2.24) is 9.61 Å². The van der Waals surface area contributed by atoms with Gasteiger partial charge in [-0.2, -0.15) is 13.5 Å². The molecule has 0 spiro atoms. The van der Waals surface area contributed by atoms with E-state index in [1.807, 2.05) is 0 Å². The van der Waals surface area contributed by atoms with Crippen LogP contribution in [0.5, 0.6) is 5.75 Å². The maximum absolute atomic E-state index is 11.9. The molecule has 0 aliphatic carbocycles. The van der Waals surface area contributed by atoms with Gasteiger partial charge in [0, 0.05) is 18.3 Å². The van der Waals surface area contributed by atoms with E-state index >= 15 is 0 Å². The third-order valence-electron chi connectivity index (χ3n) is 2.51. The van der Waals surface area contributed by atoms with Gasteiger partial charge in [0.2, 0.25) is 0 Å². The average Bonchev–Trinajstić information content (AvgIpc) is 2.62. The molecule has 0 fully saturated rings. The molecule has 2 aromatic heterocycles. The summed E-state index contributed by atoms with van der Waals surface area (Å²) in [6.07, 6.45) is 2.47. The van der Waals surface area contributed by atoms with Crippen molar-refractivity contribution < 1.29 is 22.1 Å². The summed E-state index contributed by atoms with van der Waals surface area (Å²) < 4.78 is 33.5. The highest BCUT2D eigenvalue weighted by Crippen LogP contribution is 2.22. The number of carbonyl (C=O) groups is 1. The SMILES string of the molecule is CCOC(=O)c1c(C)nn2ccc(OS(C)(=O)=O)cc12. The highest BCUT2D eigenvalue weighted by molar-refractivity contribution is 7.86. The summed E-state index contributed by atoms with van der Waals surface area (Å²) in [5.41, 5.74) is 1.23. The standard InChI is InChI=1S/C12H14N2O5S/c1-4-18-12(15)11-8(2)13-14-6-5-9(7-10(11)14)19-20(3,16)17/h5-7H,4H2,1-3H3. The maximum Gasteiger partial charge on any atom is 0.342 e. The second-order valence-corrected chi connectivity index (χ2v) is 5.74. The highest BCUT2D eigenvalue weighted by atomic mass is 32.2.